The van der Waals surface area contributed by atoms with E-state index >= 15 is 0 Å². The van der Waals surface area contributed by atoms with Gasteiger partial charge in [-0.2, -0.15) is 0 Å². The van der Waals surface area contributed by atoms with Crippen LogP contribution in [0.1, 0.15) is 6.92 Å². The lowest BCUT2D eigenvalue weighted by molar-refractivity contribution is -0.384. The van der Waals surface area contributed by atoms with Crippen LogP contribution >= 0.6 is 11.8 Å². The second-order valence-corrected chi connectivity index (χ2v) is 5.02. The molecule has 1 atom stereocenters. The fraction of sp³-hybridized carbons (Fsp3) is 0.182. The monoisotopic (exact) mass is 294 g/mol. The molecule has 1 aromatic carbocycles. The number of rotatable bonds is 5. The van der Waals surface area contributed by atoms with E-state index < -0.39 is 16.1 Å². The molecule has 1 heterocycles. The molecule has 0 amide bonds. The Labute approximate surface area is 117 Å². The maximum atomic E-state index is 10.9. The summed E-state index contributed by atoms with van der Waals surface area (Å²) >= 11 is 0.809. The van der Waals surface area contributed by atoms with Gasteiger partial charge in [0, 0.05) is 6.07 Å². The highest BCUT2D eigenvalue weighted by Crippen LogP contribution is 2.31. The Morgan fingerprint density at radius 3 is 2.75 bits per heavy atom. The molecule has 20 heavy (non-hydrogen) atoms. The number of nitro groups is 1. The summed E-state index contributed by atoms with van der Waals surface area (Å²) in [6.45, 7) is 1.41. The minimum atomic E-state index is -1.26. The molecule has 0 fully saturated rings. The van der Waals surface area contributed by atoms with E-state index in [9.17, 15) is 20.0 Å². The van der Waals surface area contributed by atoms with Crippen LogP contribution in [0, 0.1) is 10.1 Å². The molecule has 0 aliphatic rings. The maximum absolute atomic E-state index is 10.9. The summed E-state index contributed by atoms with van der Waals surface area (Å²) in [6, 6.07) is 5.91. The van der Waals surface area contributed by atoms with Crippen molar-refractivity contribution in [3.8, 4) is 11.5 Å². The first kappa shape index (κ1) is 14.0. The molecule has 0 aliphatic carbocycles. The minimum absolute atomic E-state index is 0.00912. The summed E-state index contributed by atoms with van der Waals surface area (Å²) in [5.41, 5.74) is 0.0126. The molecule has 0 spiro atoms. The molecule has 0 unspecified atom stereocenters. The molecule has 0 N–H and O–H groups in total. The Morgan fingerprint density at radius 1 is 1.40 bits per heavy atom. The third-order valence-corrected chi connectivity index (χ3v) is 3.26. The predicted molar refractivity (Wildman–Crippen MR) is 66.7 cm³/mol. The molecule has 2 rings (SSSR count). The number of aliphatic carboxylic acids is 1. The number of benzene rings is 1. The molecule has 8 nitrogen and oxygen atoms in total. The number of nitrogens with zero attached hydrogens (tertiary/aromatic N) is 3. The molecule has 9 heteroatoms. The Balaban J connectivity index is 2.30. The van der Waals surface area contributed by atoms with E-state index in [0.29, 0.717) is 0 Å². The van der Waals surface area contributed by atoms with Crippen LogP contribution in [0.5, 0.6) is 0 Å². The van der Waals surface area contributed by atoms with Crippen molar-refractivity contribution in [1.82, 2.24) is 10.2 Å². The highest BCUT2D eigenvalue weighted by Gasteiger charge is 2.20. The maximum Gasteiger partial charge on any atom is 0.282 e. The van der Waals surface area contributed by atoms with Crippen LogP contribution in [-0.4, -0.2) is 26.3 Å². The van der Waals surface area contributed by atoms with E-state index in [4.69, 9.17) is 4.42 Å². The Morgan fingerprint density at radius 2 is 2.10 bits per heavy atom. The number of carbonyl (C=O) groups is 1. The number of nitro benzene ring substituents is 1. The Kier molecular flexibility index (Phi) is 3.99. The van der Waals surface area contributed by atoms with E-state index in [1.54, 1.807) is 6.07 Å². The van der Waals surface area contributed by atoms with Crippen LogP contribution in [-0.2, 0) is 4.79 Å². The minimum Gasteiger partial charge on any atom is -0.549 e. The summed E-state index contributed by atoms with van der Waals surface area (Å²) in [5, 5.41) is 28.0. The van der Waals surface area contributed by atoms with E-state index in [1.807, 2.05) is 0 Å². The first-order valence-electron chi connectivity index (χ1n) is 5.44. The smallest absolute Gasteiger partial charge is 0.282 e. The van der Waals surface area contributed by atoms with Crippen molar-refractivity contribution in [2.24, 2.45) is 0 Å². The van der Waals surface area contributed by atoms with Crippen molar-refractivity contribution in [3.05, 3.63) is 34.4 Å². The number of hydrogen-bond acceptors (Lipinski definition) is 8. The molecule has 0 saturated heterocycles. The predicted octanol–water partition coefficient (Wildman–Crippen LogP) is 0.875. The van der Waals surface area contributed by atoms with Crippen LogP contribution in [0.3, 0.4) is 0 Å². The van der Waals surface area contributed by atoms with Gasteiger partial charge in [-0.3, -0.25) is 10.1 Å². The van der Waals surface area contributed by atoms with Gasteiger partial charge < -0.3 is 14.3 Å². The van der Waals surface area contributed by atoms with Gasteiger partial charge in [0.05, 0.1) is 16.1 Å². The highest BCUT2D eigenvalue weighted by atomic mass is 32.2. The van der Waals surface area contributed by atoms with Gasteiger partial charge in [0.25, 0.3) is 16.8 Å². The lowest BCUT2D eigenvalue weighted by Gasteiger charge is -2.07. The SMILES string of the molecule is C[C@@H](Sc1nnc(-c2ccccc2[N+](=O)[O-])o1)C(=O)[O-]. The summed E-state index contributed by atoms with van der Waals surface area (Å²) in [4.78, 5) is 20.9. The lowest BCUT2D eigenvalue weighted by atomic mass is 10.2. The largest absolute Gasteiger partial charge is 0.549 e. The molecular formula is C11H8N3O5S-. The average Bonchev–Trinajstić information content (AvgIpc) is 2.87. The van der Waals surface area contributed by atoms with Gasteiger partial charge in [0.2, 0.25) is 0 Å². The van der Waals surface area contributed by atoms with Crippen molar-refractivity contribution in [1.29, 1.82) is 0 Å². The third kappa shape index (κ3) is 2.94. The van der Waals surface area contributed by atoms with Gasteiger partial charge in [-0.05, 0) is 13.0 Å². The van der Waals surface area contributed by atoms with Gasteiger partial charge >= 0.3 is 0 Å². The topological polar surface area (TPSA) is 122 Å². The van der Waals surface area contributed by atoms with Crippen molar-refractivity contribution in [2.45, 2.75) is 17.4 Å². The van der Waals surface area contributed by atoms with Crippen LogP contribution in [0.15, 0.2) is 33.9 Å². The standard InChI is InChI=1S/C11H9N3O5S/c1-6(10(15)16)20-11-13-12-9(19-11)7-4-2-3-5-8(7)14(17)18/h2-6H,1H3,(H,15,16)/p-1/t6-/m1/s1. The molecular weight excluding hydrogens is 286 g/mol. The van der Waals surface area contributed by atoms with Crippen molar-refractivity contribution < 1.29 is 19.2 Å². The van der Waals surface area contributed by atoms with Crippen LogP contribution in [0.25, 0.3) is 11.5 Å². The van der Waals surface area contributed by atoms with E-state index in [-0.39, 0.29) is 22.4 Å². The number of para-hydroxylation sites is 1. The number of thioether (sulfide) groups is 1. The van der Waals surface area contributed by atoms with E-state index in [2.05, 4.69) is 10.2 Å². The van der Waals surface area contributed by atoms with E-state index in [1.165, 1.54) is 25.1 Å². The van der Waals surface area contributed by atoms with E-state index in [0.717, 1.165) is 11.8 Å². The highest BCUT2D eigenvalue weighted by molar-refractivity contribution is 8.00. The molecule has 1 aromatic heterocycles. The fourth-order valence-corrected chi connectivity index (χ4v) is 1.99. The zero-order valence-corrected chi connectivity index (χ0v) is 11.0. The van der Waals surface area contributed by atoms with Gasteiger partial charge in [-0.15, -0.1) is 10.2 Å². The molecule has 0 radical (unpaired) electrons. The van der Waals surface area contributed by atoms with Crippen molar-refractivity contribution >= 4 is 23.4 Å². The summed E-state index contributed by atoms with van der Waals surface area (Å²) in [6.07, 6.45) is 0. The molecule has 0 aliphatic heterocycles. The normalized spacial score (nSPS) is 12.1. The first-order valence-corrected chi connectivity index (χ1v) is 6.32. The first-order chi connectivity index (χ1) is 9.49. The number of hydrogen-bond donors (Lipinski definition) is 0. The second-order valence-electron chi connectivity index (χ2n) is 3.73. The Bertz CT molecular complexity index is 657. The number of carboxylic acid groups (broad SMARTS) is 1. The molecule has 0 saturated carbocycles. The zero-order chi connectivity index (χ0) is 14.7. The number of aromatic nitrogens is 2. The average molecular weight is 294 g/mol. The third-order valence-electron chi connectivity index (χ3n) is 2.35. The summed E-state index contributed by atoms with van der Waals surface area (Å²) in [5.74, 6) is -1.30. The van der Waals surface area contributed by atoms with Crippen LogP contribution < -0.4 is 5.11 Å². The van der Waals surface area contributed by atoms with Crippen LogP contribution in [0.2, 0.25) is 0 Å². The number of carboxylic acids is 1. The van der Waals surface area contributed by atoms with Gasteiger partial charge in [-0.1, -0.05) is 23.9 Å². The number of carbonyl (C=O) groups excluding carboxylic acids is 1. The van der Waals surface area contributed by atoms with Gasteiger partial charge in [0.1, 0.15) is 5.56 Å². The second kappa shape index (κ2) is 5.70. The molecule has 2 aromatic rings. The molecule has 104 valence electrons. The molecule has 0 bridgehead atoms. The Hall–Kier alpha value is -2.42. The lowest BCUT2D eigenvalue weighted by Crippen LogP contribution is -2.31. The summed E-state index contributed by atoms with van der Waals surface area (Å²) < 4.78 is 5.23. The van der Waals surface area contributed by atoms with Crippen LogP contribution in [0.4, 0.5) is 5.69 Å². The fourth-order valence-electron chi connectivity index (χ4n) is 1.38. The van der Waals surface area contributed by atoms with Gasteiger partial charge in [-0.25, -0.2) is 0 Å². The van der Waals surface area contributed by atoms with Crippen molar-refractivity contribution in [3.63, 3.8) is 0 Å². The van der Waals surface area contributed by atoms with Gasteiger partial charge in [0.15, 0.2) is 0 Å². The quantitative estimate of drug-likeness (QED) is 0.452. The van der Waals surface area contributed by atoms with Crippen molar-refractivity contribution in [2.75, 3.05) is 0 Å². The summed E-state index contributed by atoms with van der Waals surface area (Å²) in [7, 11) is 0. The zero-order valence-electron chi connectivity index (χ0n) is 10.2.